The number of rotatable bonds is 7. The summed E-state index contributed by atoms with van der Waals surface area (Å²) in [6, 6.07) is 6.36. The van der Waals surface area contributed by atoms with E-state index in [0.717, 1.165) is 12.8 Å². The number of halogens is 1. The lowest BCUT2D eigenvalue weighted by Gasteiger charge is -2.29. The van der Waals surface area contributed by atoms with E-state index in [1.54, 1.807) is 31.2 Å². The quantitative estimate of drug-likeness (QED) is 0.755. The van der Waals surface area contributed by atoms with Gasteiger partial charge in [0.25, 0.3) is 0 Å². The van der Waals surface area contributed by atoms with Crippen molar-refractivity contribution in [2.24, 2.45) is 0 Å². The molecule has 2 N–H and O–H groups in total. The molecule has 0 bridgehead atoms. The Hall–Kier alpha value is -1.75. The number of nitrogens with one attached hydrogen (secondary N) is 1. The number of carbonyl (C=O) groups excluding carboxylic acids is 1. The summed E-state index contributed by atoms with van der Waals surface area (Å²) < 4.78 is 5.00. The van der Waals surface area contributed by atoms with Crippen molar-refractivity contribution >= 4 is 23.7 Å². The molecule has 0 aliphatic rings. The Kier molecular flexibility index (Phi) is 6.49. The van der Waals surface area contributed by atoms with E-state index in [2.05, 4.69) is 5.32 Å². The maximum atomic E-state index is 11.8. The highest BCUT2D eigenvalue weighted by Crippen LogP contribution is 2.27. The second kappa shape index (κ2) is 7.88. The molecule has 0 aliphatic carbocycles. The molecule has 0 aromatic heterocycles. The van der Waals surface area contributed by atoms with Gasteiger partial charge in [-0.1, -0.05) is 44.0 Å². The molecule has 6 heteroatoms. The van der Waals surface area contributed by atoms with Crippen LogP contribution >= 0.6 is 11.6 Å². The largest absolute Gasteiger partial charge is 0.479 e. The van der Waals surface area contributed by atoms with Crippen molar-refractivity contribution in [2.45, 2.75) is 38.6 Å². The van der Waals surface area contributed by atoms with Gasteiger partial charge in [0.1, 0.15) is 0 Å². The van der Waals surface area contributed by atoms with E-state index in [9.17, 15) is 14.7 Å². The highest BCUT2D eigenvalue weighted by molar-refractivity contribution is 6.30. The van der Waals surface area contributed by atoms with Crippen LogP contribution in [0.15, 0.2) is 24.3 Å². The Morgan fingerprint density at radius 2 is 1.90 bits per heavy atom. The zero-order chi connectivity index (χ0) is 15.9. The molecule has 0 fully saturated rings. The van der Waals surface area contributed by atoms with Crippen LogP contribution in [0, 0.1) is 0 Å². The van der Waals surface area contributed by atoms with Gasteiger partial charge in [-0.05, 0) is 30.5 Å². The number of benzene rings is 1. The normalized spacial score (nSPS) is 13.3. The summed E-state index contributed by atoms with van der Waals surface area (Å²) in [6.45, 7) is 3.93. The van der Waals surface area contributed by atoms with E-state index >= 15 is 0 Å². The monoisotopic (exact) mass is 313 g/mol. The second-order valence-electron chi connectivity index (χ2n) is 4.69. The van der Waals surface area contributed by atoms with Crippen LogP contribution in [-0.2, 0) is 15.1 Å². The summed E-state index contributed by atoms with van der Waals surface area (Å²) in [5.74, 6) is -1.14. The van der Waals surface area contributed by atoms with Crippen LogP contribution in [0.1, 0.15) is 38.7 Å². The van der Waals surface area contributed by atoms with Gasteiger partial charge in [-0.3, -0.25) is 0 Å². The first-order valence-electron chi connectivity index (χ1n) is 6.90. The fourth-order valence-corrected chi connectivity index (χ4v) is 2.07. The Labute approximate surface area is 129 Å². The number of carboxylic acid groups (broad SMARTS) is 1. The molecule has 1 aromatic rings. The minimum atomic E-state index is -1.52. The highest BCUT2D eigenvalue weighted by atomic mass is 35.5. The molecule has 0 aliphatic heterocycles. The lowest BCUT2D eigenvalue weighted by Crippen LogP contribution is -2.51. The van der Waals surface area contributed by atoms with Gasteiger partial charge >= 0.3 is 12.1 Å². The van der Waals surface area contributed by atoms with E-state index < -0.39 is 17.6 Å². The maximum absolute atomic E-state index is 11.8. The SMILES string of the molecule is CCCCOC(=O)NC(CC)(C(=O)O)c1ccc(Cl)cc1. The van der Waals surface area contributed by atoms with E-state index in [1.807, 2.05) is 6.92 Å². The smallest absolute Gasteiger partial charge is 0.408 e. The molecule has 21 heavy (non-hydrogen) atoms. The Bertz CT molecular complexity index is 489. The minimum Gasteiger partial charge on any atom is -0.479 e. The van der Waals surface area contributed by atoms with Crippen LogP contribution in [0.5, 0.6) is 0 Å². The number of amides is 1. The van der Waals surface area contributed by atoms with Crippen LogP contribution in [-0.4, -0.2) is 23.8 Å². The van der Waals surface area contributed by atoms with Crippen molar-refractivity contribution in [3.05, 3.63) is 34.9 Å². The second-order valence-corrected chi connectivity index (χ2v) is 5.12. The molecular formula is C15H20ClNO4. The van der Waals surface area contributed by atoms with Crippen molar-refractivity contribution in [1.29, 1.82) is 0 Å². The molecule has 0 saturated carbocycles. The first-order valence-corrected chi connectivity index (χ1v) is 7.28. The van der Waals surface area contributed by atoms with Crippen LogP contribution in [0.4, 0.5) is 4.79 Å². The molecule has 1 rings (SSSR count). The summed E-state index contributed by atoms with van der Waals surface area (Å²) in [6.07, 6.45) is 1.08. The van der Waals surface area contributed by atoms with Crippen LogP contribution in [0.25, 0.3) is 0 Å². The molecule has 1 atom stereocenters. The van der Waals surface area contributed by atoms with Crippen molar-refractivity contribution < 1.29 is 19.4 Å². The predicted molar refractivity (Wildman–Crippen MR) is 80.4 cm³/mol. The van der Waals surface area contributed by atoms with Crippen molar-refractivity contribution in [2.75, 3.05) is 6.61 Å². The number of carboxylic acids is 1. The number of unbranched alkanes of at least 4 members (excludes halogenated alkanes) is 1. The Balaban J connectivity index is 2.96. The van der Waals surface area contributed by atoms with E-state index in [4.69, 9.17) is 16.3 Å². The topological polar surface area (TPSA) is 75.6 Å². The Morgan fingerprint density at radius 1 is 1.29 bits per heavy atom. The molecule has 0 spiro atoms. The predicted octanol–water partition coefficient (Wildman–Crippen LogP) is 3.56. The molecule has 0 saturated heterocycles. The summed E-state index contributed by atoms with van der Waals surface area (Å²) in [4.78, 5) is 23.5. The molecule has 0 radical (unpaired) electrons. The van der Waals surface area contributed by atoms with E-state index in [0.29, 0.717) is 10.6 Å². The summed E-state index contributed by atoms with van der Waals surface area (Å²) in [5.41, 5.74) is -1.07. The van der Waals surface area contributed by atoms with Gasteiger partial charge in [0, 0.05) is 5.02 Å². The molecule has 116 valence electrons. The van der Waals surface area contributed by atoms with Gasteiger partial charge in [0.15, 0.2) is 5.54 Å². The van der Waals surface area contributed by atoms with Crippen molar-refractivity contribution in [3.8, 4) is 0 Å². The number of alkyl carbamates (subject to hydrolysis) is 1. The number of hydrogen-bond donors (Lipinski definition) is 2. The minimum absolute atomic E-state index is 0.187. The zero-order valence-electron chi connectivity index (χ0n) is 12.2. The number of ether oxygens (including phenoxy) is 1. The lowest BCUT2D eigenvalue weighted by atomic mass is 9.87. The zero-order valence-corrected chi connectivity index (χ0v) is 12.9. The number of carbonyl (C=O) groups is 2. The van der Waals surface area contributed by atoms with Crippen LogP contribution in [0.2, 0.25) is 5.02 Å². The third-order valence-electron chi connectivity index (χ3n) is 3.28. The lowest BCUT2D eigenvalue weighted by molar-refractivity contribution is -0.145. The summed E-state index contributed by atoms with van der Waals surface area (Å²) in [5, 5.41) is 12.5. The number of aliphatic carboxylic acids is 1. The number of hydrogen-bond acceptors (Lipinski definition) is 3. The highest BCUT2D eigenvalue weighted by Gasteiger charge is 2.40. The maximum Gasteiger partial charge on any atom is 0.408 e. The fraction of sp³-hybridized carbons (Fsp3) is 0.467. The van der Waals surface area contributed by atoms with Crippen LogP contribution in [0.3, 0.4) is 0 Å². The van der Waals surface area contributed by atoms with Gasteiger partial charge < -0.3 is 15.2 Å². The van der Waals surface area contributed by atoms with Gasteiger partial charge in [0.2, 0.25) is 0 Å². The fourth-order valence-electron chi connectivity index (χ4n) is 1.95. The van der Waals surface area contributed by atoms with E-state index in [1.165, 1.54) is 0 Å². The standard InChI is InChI=1S/C15H20ClNO4/c1-3-5-10-21-14(20)17-15(4-2,13(18)19)11-6-8-12(16)9-7-11/h6-9H,3-5,10H2,1-2H3,(H,17,20)(H,18,19). The molecular weight excluding hydrogens is 294 g/mol. The molecule has 1 aromatic carbocycles. The average molecular weight is 314 g/mol. The molecule has 1 amide bonds. The van der Waals surface area contributed by atoms with Gasteiger partial charge in [-0.2, -0.15) is 0 Å². The summed E-state index contributed by atoms with van der Waals surface area (Å²) >= 11 is 5.82. The van der Waals surface area contributed by atoms with Gasteiger partial charge in [0.05, 0.1) is 6.61 Å². The molecule has 5 nitrogen and oxygen atoms in total. The third kappa shape index (κ3) is 4.36. The molecule has 1 unspecified atom stereocenters. The van der Waals surface area contributed by atoms with Gasteiger partial charge in [-0.25, -0.2) is 9.59 Å². The van der Waals surface area contributed by atoms with E-state index in [-0.39, 0.29) is 13.0 Å². The first kappa shape index (κ1) is 17.3. The Morgan fingerprint density at radius 3 is 2.38 bits per heavy atom. The average Bonchev–Trinajstić information content (AvgIpc) is 2.45. The van der Waals surface area contributed by atoms with Crippen molar-refractivity contribution in [1.82, 2.24) is 5.32 Å². The van der Waals surface area contributed by atoms with Gasteiger partial charge in [-0.15, -0.1) is 0 Å². The first-order chi connectivity index (χ1) is 9.96. The summed E-state index contributed by atoms with van der Waals surface area (Å²) in [7, 11) is 0. The van der Waals surface area contributed by atoms with Crippen LogP contribution < -0.4 is 5.32 Å². The third-order valence-corrected chi connectivity index (χ3v) is 3.53. The molecule has 0 heterocycles. The van der Waals surface area contributed by atoms with Crippen molar-refractivity contribution in [3.63, 3.8) is 0 Å².